The van der Waals surface area contributed by atoms with Gasteiger partial charge in [0, 0.05) is 56.8 Å². The van der Waals surface area contributed by atoms with Gasteiger partial charge in [-0.15, -0.1) is 0 Å². The number of unbranched alkanes of at least 4 members (excludes halogenated alkanes) is 10. The van der Waals surface area contributed by atoms with Crippen LogP contribution in [-0.4, -0.2) is 109 Å². The molecule has 0 spiro atoms. The van der Waals surface area contributed by atoms with Crippen LogP contribution in [0.25, 0.3) is 0 Å². The Bertz CT molecular complexity index is 1540. The number of likely N-dealkylation sites (N-methyl/N-ethyl adjacent to an activating group) is 1. The summed E-state index contributed by atoms with van der Waals surface area (Å²) in [4.78, 5) is 50.8. The third-order valence-electron chi connectivity index (χ3n) is 11.9. The van der Waals surface area contributed by atoms with Crippen molar-refractivity contribution in [3.63, 3.8) is 0 Å². The number of carbonyl (C=O) groups is 3. The first kappa shape index (κ1) is 56.7. The van der Waals surface area contributed by atoms with Crippen molar-refractivity contribution >= 4 is 25.5 Å². The zero-order valence-electron chi connectivity index (χ0n) is 39.8. The van der Waals surface area contributed by atoms with Gasteiger partial charge in [0.2, 0.25) is 0 Å². The fourth-order valence-electron chi connectivity index (χ4n) is 7.87. The fourth-order valence-corrected chi connectivity index (χ4v) is 8.60. The Balaban J connectivity index is 1.75. The smallest absolute Gasteiger partial charge is 0.306 e. The number of phosphoric acid groups is 1. The second-order valence-corrected chi connectivity index (χ2v) is 20.1. The first-order valence-electron chi connectivity index (χ1n) is 23.9. The minimum atomic E-state index is -4.73. The van der Waals surface area contributed by atoms with Gasteiger partial charge in [0.15, 0.2) is 6.10 Å². The Labute approximate surface area is 378 Å². The maximum absolute atomic E-state index is 12.9. The Morgan fingerprint density at radius 2 is 1.40 bits per heavy atom. The van der Waals surface area contributed by atoms with Gasteiger partial charge >= 0.3 is 11.9 Å². The highest BCUT2D eigenvalue weighted by atomic mass is 31.2. The lowest BCUT2D eigenvalue weighted by Crippen LogP contribution is -2.37. The molecule has 364 valence electrons. The summed E-state index contributed by atoms with van der Waals surface area (Å²) in [5.74, 6) is 0.105. The number of quaternary nitrogens is 1. The van der Waals surface area contributed by atoms with Crippen LogP contribution in [0.3, 0.4) is 0 Å². The number of ether oxygens (including phenoxy) is 2. The lowest BCUT2D eigenvalue weighted by atomic mass is 9.87. The maximum atomic E-state index is 12.9. The van der Waals surface area contributed by atoms with Gasteiger partial charge in [-0.3, -0.25) is 18.9 Å². The van der Waals surface area contributed by atoms with Gasteiger partial charge in [-0.2, -0.15) is 0 Å². The molecule has 2 rings (SSSR count). The number of Topliss-reactive ketones (excluding diaryl/α,β-unsaturated/α-hetero) is 1. The van der Waals surface area contributed by atoms with Crippen LogP contribution in [0.4, 0.5) is 0 Å². The molecule has 0 bridgehead atoms. The van der Waals surface area contributed by atoms with Crippen molar-refractivity contribution in [3.05, 3.63) is 34.8 Å². The van der Waals surface area contributed by atoms with Crippen LogP contribution >= 0.6 is 7.82 Å². The molecular weight excluding hydrogens is 829 g/mol. The fraction of sp³-hybridized carbons (Fsp3) is 0.812. The molecular formula is C48H84NO13P. The minimum absolute atomic E-state index is 0.0156. The van der Waals surface area contributed by atoms with Crippen molar-refractivity contribution in [2.75, 3.05) is 47.5 Å². The third kappa shape index (κ3) is 24.6. The van der Waals surface area contributed by atoms with Crippen LogP contribution in [0.1, 0.15) is 165 Å². The van der Waals surface area contributed by atoms with E-state index in [2.05, 4.69) is 27.7 Å². The highest BCUT2D eigenvalue weighted by Gasteiger charge is 2.41. The second kappa shape index (κ2) is 30.7. The summed E-state index contributed by atoms with van der Waals surface area (Å²) in [7, 11) is 0.942. The number of hydrogen-bond acceptors (Lipinski definition) is 13. The quantitative estimate of drug-likeness (QED) is 0.0193. The molecule has 63 heavy (non-hydrogen) atoms. The molecule has 14 nitrogen and oxygen atoms in total. The van der Waals surface area contributed by atoms with Crippen LogP contribution in [0.2, 0.25) is 0 Å². The summed E-state index contributed by atoms with van der Waals surface area (Å²) in [6.07, 6.45) is 15.8. The van der Waals surface area contributed by atoms with Crippen molar-refractivity contribution in [2.24, 2.45) is 11.8 Å². The summed E-state index contributed by atoms with van der Waals surface area (Å²) in [5, 5.41) is 31.4. The highest BCUT2D eigenvalue weighted by Crippen LogP contribution is 2.39. The van der Waals surface area contributed by atoms with Gasteiger partial charge in [0.05, 0.1) is 46.1 Å². The van der Waals surface area contributed by atoms with Crippen molar-refractivity contribution < 1.29 is 66.6 Å². The number of phosphoric ester groups is 1. The largest absolute Gasteiger partial charge is 0.756 e. The van der Waals surface area contributed by atoms with Crippen LogP contribution in [0.15, 0.2) is 16.6 Å². The van der Waals surface area contributed by atoms with Crippen LogP contribution < -0.4 is 4.89 Å². The lowest BCUT2D eigenvalue weighted by molar-refractivity contribution is -0.870. The normalized spacial score (nSPS) is 19.9. The summed E-state index contributed by atoms with van der Waals surface area (Å²) < 4.78 is 40.0. The van der Waals surface area contributed by atoms with Crippen molar-refractivity contribution in [1.82, 2.24) is 0 Å². The number of nitrogens with zero attached hydrogens (tertiary/aromatic N) is 1. The highest BCUT2D eigenvalue weighted by molar-refractivity contribution is 7.45. The van der Waals surface area contributed by atoms with Crippen molar-refractivity contribution in [2.45, 2.75) is 193 Å². The topological polar surface area (TPSA) is 202 Å². The molecule has 1 aromatic heterocycles. The number of ketones is 1. The second-order valence-electron chi connectivity index (χ2n) is 18.7. The summed E-state index contributed by atoms with van der Waals surface area (Å²) in [5.41, 5.74) is 2.58. The van der Waals surface area contributed by atoms with E-state index in [1.807, 2.05) is 21.1 Å². The number of esters is 2. The number of aliphatic hydroxyl groups is 3. The zero-order valence-corrected chi connectivity index (χ0v) is 40.7. The lowest BCUT2D eigenvalue weighted by Gasteiger charge is -2.28. The van der Waals surface area contributed by atoms with Gasteiger partial charge in [-0.05, 0) is 63.5 Å². The molecule has 0 aromatic carbocycles. The first-order chi connectivity index (χ1) is 29.9. The molecule has 0 amide bonds. The van der Waals surface area contributed by atoms with E-state index < -0.39 is 69.2 Å². The molecule has 1 saturated carbocycles. The number of aryl methyl sites for hydroxylation is 2. The molecule has 0 radical (unpaired) electrons. The molecule has 1 aliphatic rings. The van der Waals surface area contributed by atoms with Crippen LogP contribution in [-0.2, 0) is 50.3 Å². The van der Waals surface area contributed by atoms with Gasteiger partial charge in [-0.25, -0.2) is 0 Å². The molecule has 15 heteroatoms. The number of hydrogen-bond donors (Lipinski definition) is 3. The van der Waals surface area contributed by atoms with E-state index in [4.69, 9.17) is 22.9 Å². The monoisotopic (exact) mass is 914 g/mol. The predicted molar refractivity (Wildman–Crippen MR) is 242 cm³/mol. The molecule has 0 aliphatic heterocycles. The number of rotatable bonds is 36. The Kier molecular flexibility index (Phi) is 27.7. The molecule has 1 unspecified atom stereocenters. The first-order valence-corrected chi connectivity index (χ1v) is 25.4. The van der Waals surface area contributed by atoms with E-state index in [1.165, 1.54) is 11.1 Å². The average Bonchev–Trinajstić information content (AvgIpc) is 3.63. The molecule has 1 heterocycles. The predicted octanol–water partition coefficient (Wildman–Crippen LogP) is 7.94. The van der Waals surface area contributed by atoms with Crippen LogP contribution in [0, 0.1) is 25.7 Å². The molecule has 3 N–H and O–H groups in total. The summed E-state index contributed by atoms with van der Waals surface area (Å²) in [6, 6.07) is 0. The van der Waals surface area contributed by atoms with E-state index in [9.17, 15) is 39.2 Å². The summed E-state index contributed by atoms with van der Waals surface area (Å²) >= 11 is 0. The minimum Gasteiger partial charge on any atom is -0.756 e. The number of aliphatic hydroxyl groups excluding tert-OH is 3. The van der Waals surface area contributed by atoms with E-state index >= 15 is 0 Å². The van der Waals surface area contributed by atoms with Gasteiger partial charge < -0.3 is 47.6 Å². The van der Waals surface area contributed by atoms with Crippen LogP contribution in [0.5, 0.6) is 0 Å². The number of carbonyl (C=O) groups excluding carboxylic acids is 3. The molecule has 1 fully saturated rings. The Hall–Kier alpha value is -2.42. The Morgan fingerprint density at radius 1 is 0.794 bits per heavy atom. The maximum Gasteiger partial charge on any atom is 0.306 e. The van der Waals surface area contributed by atoms with E-state index in [1.54, 1.807) is 12.2 Å². The Morgan fingerprint density at radius 3 is 2.05 bits per heavy atom. The molecule has 7 atom stereocenters. The molecule has 1 aliphatic carbocycles. The molecule has 1 aromatic rings. The van der Waals surface area contributed by atoms with Gasteiger partial charge in [0.25, 0.3) is 7.82 Å². The third-order valence-corrected chi connectivity index (χ3v) is 12.9. The number of furan rings is 1. The van der Waals surface area contributed by atoms with E-state index in [0.29, 0.717) is 36.7 Å². The zero-order chi connectivity index (χ0) is 46.8. The van der Waals surface area contributed by atoms with E-state index in [-0.39, 0.29) is 44.5 Å². The van der Waals surface area contributed by atoms with Gasteiger partial charge in [0.1, 0.15) is 37.1 Å². The van der Waals surface area contributed by atoms with E-state index in [0.717, 1.165) is 95.0 Å². The average molecular weight is 914 g/mol. The van der Waals surface area contributed by atoms with Gasteiger partial charge in [-0.1, -0.05) is 83.8 Å². The molecule has 0 saturated heterocycles. The van der Waals surface area contributed by atoms with Crippen molar-refractivity contribution in [3.8, 4) is 0 Å². The van der Waals surface area contributed by atoms with Crippen molar-refractivity contribution in [1.29, 1.82) is 0 Å². The SMILES string of the molecule is CCCCC[C@H](O)/C=C/[C@@H]1[C@@H](CC(=O)CCCCC(=O)OC[C@H](COP(=O)([O-])OCC[N+](C)(C)C)OC(=O)CCCCCCCCCCc2oc(CCC)c(C)c2C)[C@@H](O)C[C@H]1O. The standard InChI is InChI=1S/C48H84NO13P/c1-8-10-17-23-38(50)28-29-41-42(44(53)33-43(41)52)32-39(51)24-20-21-26-47(54)58-34-40(35-60-63(56,57)59-31-30-49(5,6)7)61-48(55)27-19-16-14-12-11-13-15-18-25-46-37(4)36(3)45(62-46)22-9-2/h28-29,38,40-44,50,52-53H,8-27,30-35H2,1-7H3/b29-28+/t38-,40+,41+,42+,43+,44-/m0/s1. The summed E-state index contributed by atoms with van der Waals surface area (Å²) in [6.45, 7) is 7.88.